The zero-order valence-electron chi connectivity index (χ0n) is 23.4. The van der Waals surface area contributed by atoms with Crippen molar-refractivity contribution in [1.82, 2.24) is 19.9 Å². The molecule has 4 heterocycles. The molecule has 0 spiro atoms. The molecular formula is C32H36N8Ni2. The van der Waals surface area contributed by atoms with Crippen molar-refractivity contribution < 1.29 is 33.0 Å². The molecule has 0 N–H and O–H groups in total. The van der Waals surface area contributed by atoms with E-state index in [0.29, 0.717) is 0 Å². The Kier molecular flexibility index (Phi) is 14.5. The number of hydrogen-bond donors (Lipinski definition) is 0. The van der Waals surface area contributed by atoms with Gasteiger partial charge in [0.2, 0.25) is 0 Å². The Morgan fingerprint density at radius 2 is 0.667 bits per heavy atom. The molecule has 2 fully saturated rings. The summed E-state index contributed by atoms with van der Waals surface area (Å²) in [5.41, 5.74) is 3.71. The molecule has 0 amide bonds. The molecular weight excluding hydrogens is 614 g/mol. The van der Waals surface area contributed by atoms with Crippen LogP contribution in [0.4, 0.5) is 0 Å². The minimum atomic E-state index is 0. The van der Waals surface area contributed by atoms with Gasteiger partial charge in [0, 0.05) is 24.9 Å². The van der Waals surface area contributed by atoms with Crippen molar-refractivity contribution in [1.29, 1.82) is 0 Å². The van der Waals surface area contributed by atoms with E-state index < -0.39 is 0 Å². The predicted molar refractivity (Wildman–Crippen MR) is 162 cm³/mol. The Bertz CT molecular complexity index is 1110. The molecule has 4 aromatic heterocycles. The number of hydrogen-bond acceptors (Lipinski definition) is 4. The van der Waals surface area contributed by atoms with Gasteiger partial charge in [0.1, 0.15) is 0 Å². The molecule has 42 heavy (non-hydrogen) atoms. The summed E-state index contributed by atoms with van der Waals surface area (Å²) < 4.78 is 0. The molecule has 4 atom stereocenters. The molecule has 2 saturated carbocycles. The fraction of sp³-hybridized carbons (Fsp3) is 0.375. The monoisotopic (exact) mass is 648 g/mol. The first-order valence-electron chi connectivity index (χ1n) is 14.3. The zero-order valence-corrected chi connectivity index (χ0v) is 25.4. The second-order valence-corrected chi connectivity index (χ2v) is 10.2. The van der Waals surface area contributed by atoms with Gasteiger partial charge in [0.25, 0.3) is 0 Å². The Balaban J connectivity index is 0.000000220. The Labute approximate surface area is 268 Å². The van der Waals surface area contributed by atoms with Crippen LogP contribution in [0, 0.1) is 0 Å². The van der Waals surface area contributed by atoms with E-state index in [1.807, 2.05) is 73.4 Å². The van der Waals surface area contributed by atoms with Gasteiger partial charge in [-0.05, 0) is 25.7 Å². The summed E-state index contributed by atoms with van der Waals surface area (Å²) in [6.45, 7) is 0. The van der Waals surface area contributed by atoms with Gasteiger partial charge in [-0.15, -0.1) is 22.8 Å². The number of aliphatic imine (C=N–C) groups is 4. The second-order valence-electron chi connectivity index (χ2n) is 10.2. The largest absolute Gasteiger partial charge is 2.00 e. The second kappa shape index (κ2) is 18.4. The quantitative estimate of drug-likeness (QED) is 0.200. The number of nitrogens with zero attached hydrogens (tertiary/aromatic N) is 8. The van der Waals surface area contributed by atoms with Gasteiger partial charge in [0.15, 0.2) is 0 Å². The minimum absolute atomic E-state index is 0. The van der Waals surface area contributed by atoms with Crippen molar-refractivity contribution in [3.05, 3.63) is 96.1 Å². The van der Waals surface area contributed by atoms with Crippen LogP contribution in [0.3, 0.4) is 0 Å². The molecule has 6 rings (SSSR count). The zero-order chi connectivity index (χ0) is 27.2. The van der Waals surface area contributed by atoms with E-state index in [4.69, 9.17) is 0 Å². The first kappa shape index (κ1) is 33.3. The SMILES string of the molecule is C(=N[C@H]1CCCC[C@@H]1N=Cc1ccc[n-]1)c1ccc[n-]1.C(=N[C@H]1CCCC[C@@H]1N=Cc1ccc[n-]1)c1ccc[n-]1.[Ni+2].[Ni+2]. The molecule has 4 aromatic rings. The molecule has 0 bridgehead atoms. The normalized spacial score (nSPS) is 22.7. The van der Waals surface area contributed by atoms with E-state index in [9.17, 15) is 0 Å². The standard InChI is InChI=1S/2C16H18N4.2Ni/c2*1-2-8-16(20-12-14-6-4-10-18-14)15(7-1)19-11-13-5-3-9-17-13;;/h2*3-6,9-12,15-16H,1-2,7-8H2;;/q2*-2;2*+2/t2*15-,16-;;/m00../s1. The van der Waals surface area contributed by atoms with Gasteiger partial charge in [0.05, 0.1) is 24.2 Å². The summed E-state index contributed by atoms with van der Waals surface area (Å²) in [4.78, 5) is 35.6. The van der Waals surface area contributed by atoms with Crippen LogP contribution in [-0.4, -0.2) is 49.0 Å². The van der Waals surface area contributed by atoms with Crippen LogP contribution in [0.25, 0.3) is 0 Å². The molecule has 10 heteroatoms. The van der Waals surface area contributed by atoms with Gasteiger partial charge in [-0.2, -0.15) is 24.8 Å². The van der Waals surface area contributed by atoms with Crippen LogP contribution in [0.1, 0.15) is 74.1 Å². The van der Waals surface area contributed by atoms with E-state index in [0.717, 1.165) is 48.5 Å². The first-order chi connectivity index (χ1) is 19.8. The van der Waals surface area contributed by atoms with Crippen molar-refractivity contribution in [3.8, 4) is 0 Å². The number of rotatable bonds is 8. The van der Waals surface area contributed by atoms with Crippen LogP contribution in [0.5, 0.6) is 0 Å². The molecule has 0 aliphatic heterocycles. The van der Waals surface area contributed by atoms with E-state index in [2.05, 4.69) is 39.9 Å². The third-order valence-corrected chi connectivity index (χ3v) is 7.29. The van der Waals surface area contributed by atoms with Gasteiger partial charge < -0.3 is 19.9 Å². The van der Waals surface area contributed by atoms with Gasteiger partial charge in [-0.3, -0.25) is 20.0 Å². The summed E-state index contributed by atoms with van der Waals surface area (Å²) in [6.07, 6.45) is 24.0. The fourth-order valence-electron chi connectivity index (χ4n) is 5.13. The number of aromatic nitrogens is 4. The molecule has 0 radical (unpaired) electrons. The van der Waals surface area contributed by atoms with Crippen LogP contribution in [0.15, 0.2) is 93.3 Å². The Morgan fingerprint density at radius 1 is 0.429 bits per heavy atom. The van der Waals surface area contributed by atoms with E-state index in [1.165, 1.54) is 25.7 Å². The fourth-order valence-corrected chi connectivity index (χ4v) is 5.13. The summed E-state index contributed by atoms with van der Waals surface area (Å²) in [6, 6.07) is 16.7. The van der Waals surface area contributed by atoms with Gasteiger partial charge in [-0.25, -0.2) is 0 Å². The first-order valence-corrected chi connectivity index (χ1v) is 14.3. The molecule has 2 aliphatic rings. The summed E-state index contributed by atoms with van der Waals surface area (Å²) in [5, 5.41) is 0. The third kappa shape index (κ3) is 10.6. The van der Waals surface area contributed by atoms with Crippen LogP contribution >= 0.6 is 0 Å². The Morgan fingerprint density at radius 3 is 0.857 bits per heavy atom. The van der Waals surface area contributed by atoms with Gasteiger partial charge in [-0.1, -0.05) is 74.2 Å². The smallest absolute Gasteiger partial charge is 0.663 e. The average molecular weight is 650 g/mol. The molecule has 0 aromatic carbocycles. The minimum Gasteiger partial charge on any atom is -0.663 e. The van der Waals surface area contributed by atoms with Crippen LogP contribution in [0.2, 0.25) is 0 Å². The topological polar surface area (TPSA) is 106 Å². The summed E-state index contributed by atoms with van der Waals surface area (Å²) in [5.74, 6) is 0. The molecule has 0 unspecified atom stereocenters. The summed E-state index contributed by atoms with van der Waals surface area (Å²) >= 11 is 0. The average Bonchev–Trinajstić information content (AvgIpc) is 3.83. The van der Waals surface area contributed by atoms with Crippen molar-refractivity contribution in [2.45, 2.75) is 75.5 Å². The van der Waals surface area contributed by atoms with E-state index in [-0.39, 0.29) is 57.2 Å². The predicted octanol–water partition coefficient (Wildman–Crippen LogP) is 4.90. The maximum Gasteiger partial charge on any atom is 2.00 e. The van der Waals surface area contributed by atoms with Crippen molar-refractivity contribution in [2.75, 3.05) is 0 Å². The van der Waals surface area contributed by atoms with Crippen LogP contribution < -0.4 is 19.9 Å². The van der Waals surface area contributed by atoms with E-state index in [1.54, 1.807) is 24.8 Å². The maximum atomic E-state index is 4.69. The van der Waals surface area contributed by atoms with Crippen molar-refractivity contribution >= 4 is 24.9 Å². The molecule has 8 nitrogen and oxygen atoms in total. The molecule has 0 saturated heterocycles. The summed E-state index contributed by atoms with van der Waals surface area (Å²) in [7, 11) is 0. The molecule has 224 valence electrons. The van der Waals surface area contributed by atoms with Crippen LogP contribution in [-0.2, 0) is 33.0 Å². The van der Waals surface area contributed by atoms with E-state index >= 15 is 0 Å². The Hall–Kier alpha value is -3.21. The van der Waals surface area contributed by atoms with Crippen molar-refractivity contribution in [2.24, 2.45) is 20.0 Å². The molecule has 2 aliphatic carbocycles. The van der Waals surface area contributed by atoms with Gasteiger partial charge >= 0.3 is 33.0 Å². The van der Waals surface area contributed by atoms with Crippen molar-refractivity contribution in [3.63, 3.8) is 0 Å². The third-order valence-electron chi connectivity index (χ3n) is 7.29. The maximum absolute atomic E-state index is 4.69.